The summed E-state index contributed by atoms with van der Waals surface area (Å²) in [5.41, 5.74) is 0.900. The van der Waals surface area contributed by atoms with Gasteiger partial charge in [0.15, 0.2) is 0 Å². The highest BCUT2D eigenvalue weighted by molar-refractivity contribution is 6.31. The van der Waals surface area contributed by atoms with Crippen molar-refractivity contribution in [3.63, 3.8) is 0 Å². The van der Waals surface area contributed by atoms with E-state index in [1.54, 1.807) is 6.07 Å². The first-order chi connectivity index (χ1) is 7.54. The Hall–Kier alpha value is -0.600. The Balaban J connectivity index is 2.62. The van der Waals surface area contributed by atoms with Gasteiger partial charge in [-0.3, -0.25) is 0 Å². The molecule has 1 aromatic rings. The Bertz CT molecular complexity index is 341. The van der Waals surface area contributed by atoms with Crippen molar-refractivity contribution in [2.75, 3.05) is 7.05 Å². The largest absolute Gasteiger partial charge is 0.317 e. The standard InChI is InChI=1S/C13H19ClFN/c1-9(7-10(2)16-3)8-11-5-4-6-12(15)13(11)14/h4-6,9-10,16H,7-8H2,1-3H3. The number of rotatable bonds is 5. The molecule has 0 aliphatic rings. The summed E-state index contributed by atoms with van der Waals surface area (Å²) in [6.07, 6.45) is 1.88. The van der Waals surface area contributed by atoms with E-state index in [1.807, 2.05) is 13.1 Å². The fourth-order valence-electron chi connectivity index (χ4n) is 1.89. The van der Waals surface area contributed by atoms with E-state index in [2.05, 4.69) is 19.2 Å². The summed E-state index contributed by atoms with van der Waals surface area (Å²) in [5.74, 6) is 0.162. The summed E-state index contributed by atoms with van der Waals surface area (Å²) < 4.78 is 13.2. The number of benzene rings is 1. The molecule has 0 bridgehead atoms. The van der Waals surface area contributed by atoms with E-state index in [0.29, 0.717) is 12.0 Å². The van der Waals surface area contributed by atoms with Crippen LogP contribution in [0.15, 0.2) is 18.2 Å². The number of nitrogens with one attached hydrogen (secondary N) is 1. The second-order valence-corrected chi connectivity index (χ2v) is 4.83. The molecule has 0 fully saturated rings. The van der Waals surface area contributed by atoms with Crippen molar-refractivity contribution >= 4 is 11.6 Å². The lowest BCUT2D eigenvalue weighted by molar-refractivity contribution is 0.439. The maximum absolute atomic E-state index is 13.2. The van der Waals surface area contributed by atoms with Crippen LogP contribution in [-0.4, -0.2) is 13.1 Å². The molecular weight excluding hydrogens is 225 g/mol. The zero-order chi connectivity index (χ0) is 12.1. The van der Waals surface area contributed by atoms with Gasteiger partial charge in [-0.25, -0.2) is 4.39 Å². The highest BCUT2D eigenvalue weighted by atomic mass is 35.5. The SMILES string of the molecule is CNC(C)CC(C)Cc1cccc(F)c1Cl. The molecule has 0 aliphatic heterocycles. The molecule has 2 atom stereocenters. The second-order valence-electron chi connectivity index (χ2n) is 4.45. The van der Waals surface area contributed by atoms with Gasteiger partial charge >= 0.3 is 0 Å². The Labute approximate surface area is 102 Å². The normalized spacial score (nSPS) is 14.8. The third kappa shape index (κ3) is 3.76. The average molecular weight is 244 g/mol. The predicted octanol–water partition coefficient (Wildman–Crippen LogP) is 3.66. The van der Waals surface area contributed by atoms with E-state index >= 15 is 0 Å². The monoisotopic (exact) mass is 243 g/mol. The molecule has 0 saturated heterocycles. The molecule has 90 valence electrons. The first-order valence-electron chi connectivity index (χ1n) is 5.64. The third-order valence-electron chi connectivity index (χ3n) is 2.85. The second kappa shape index (κ2) is 6.21. The Kier molecular flexibility index (Phi) is 5.23. The fourth-order valence-corrected chi connectivity index (χ4v) is 2.09. The molecular formula is C13H19ClFN. The molecule has 3 heteroatoms. The molecule has 2 unspecified atom stereocenters. The number of hydrogen-bond acceptors (Lipinski definition) is 1. The minimum absolute atomic E-state index is 0.270. The van der Waals surface area contributed by atoms with Gasteiger partial charge in [0.2, 0.25) is 0 Å². The van der Waals surface area contributed by atoms with Crippen molar-refractivity contribution in [2.24, 2.45) is 5.92 Å². The molecule has 1 nitrogen and oxygen atoms in total. The molecule has 1 rings (SSSR count). The fraction of sp³-hybridized carbons (Fsp3) is 0.538. The summed E-state index contributed by atoms with van der Waals surface area (Å²) in [4.78, 5) is 0. The molecule has 0 amide bonds. The molecule has 0 saturated carbocycles. The average Bonchev–Trinajstić information content (AvgIpc) is 2.24. The van der Waals surface area contributed by atoms with Crippen molar-refractivity contribution in [3.8, 4) is 0 Å². The van der Waals surface area contributed by atoms with E-state index < -0.39 is 0 Å². The van der Waals surface area contributed by atoms with E-state index in [4.69, 9.17) is 11.6 Å². The van der Waals surface area contributed by atoms with Crippen molar-refractivity contribution in [1.29, 1.82) is 0 Å². The van der Waals surface area contributed by atoms with Gasteiger partial charge in [0.05, 0.1) is 5.02 Å². The van der Waals surface area contributed by atoms with Gasteiger partial charge in [-0.2, -0.15) is 0 Å². The first-order valence-corrected chi connectivity index (χ1v) is 6.02. The Morgan fingerprint density at radius 3 is 2.69 bits per heavy atom. The van der Waals surface area contributed by atoms with Crippen LogP contribution < -0.4 is 5.32 Å². The zero-order valence-electron chi connectivity index (χ0n) is 10.1. The van der Waals surface area contributed by atoms with Crippen LogP contribution in [0.2, 0.25) is 5.02 Å². The predicted molar refractivity (Wildman–Crippen MR) is 67.4 cm³/mol. The summed E-state index contributed by atoms with van der Waals surface area (Å²) in [6.45, 7) is 4.30. The number of hydrogen-bond donors (Lipinski definition) is 1. The summed E-state index contributed by atoms with van der Waals surface area (Å²) >= 11 is 5.92. The van der Waals surface area contributed by atoms with Gasteiger partial charge < -0.3 is 5.32 Å². The molecule has 16 heavy (non-hydrogen) atoms. The molecule has 1 N–H and O–H groups in total. The maximum Gasteiger partial charge on any atom is 0.142 e. The molecule has 0 aliphatic carbocycles. The van der Waals surface area contributed by atoms with Gasteiger partial charge in [-0.15, -0.1) is 0 Å². The summed E-state index contributed by atoms with van der Waals surface area (Å²) in [5, 5.41) is 3.47. The molecule has 1 aromatic carbocycles. The molecule has 0 aromatic heterocycles. The lowest BCUT2D eigenvalue weighted by atomic mass is 9.95. The van der Waals surface area contributed by atoms with Gasteiger partial charge in [0.1, 0.15) is 5.82 Å². The van der Waals surface area contributed by atoms with Crippen molar-refractivity contribution in [2.45, 2.75) is 32.7 Å². The minimum Gasteiger partial charge on any atom is -0.317 e. The van der Waals surface area contributed by atoms with Crippen LogP contribution in [0.1, 0.15) is 25.8 Å². The highest BCUT2D eigenvalue weighted by Gasteiger charge is 2.11. The van der Waals surface area contributed by atoms with Crippen LogP contribution in [-0.2, 0) is 6.42 Å². The van der Waals surface area contributed by atoms with Crippen molar-refractivity contribution in [1.82, 2.24) is 5.32 Å². The summed E-state index contributed by atoms with van der Waals surface area (Å²) in [6, 6.07) is 5.48. The molecule has 0 spiro atoms. The van der Waals surface area contributed by atoms with Gasteiger partial charge in [0, 0.05) is 6.04 Å². The molecule has 0 heterocycles. The van der Waals surface area contributed by atoms with Crippen LogP contribution >= 0.6 is 11.6 Å². The van der Waals surface area contributed by atoms with Gasteiger partial charge in [-0.1, -0.05) is 30.7 Å². The zero-order valence-corrected chi connectivity index (χ0v) is 10.8. The third-order valence-corrected chi connectivity index (χ3v) is 3.27. The van der Waals surface area contributed by atoms with E-state index in [9.17, 15) is 4.39 Å². The van der Waals surface area contributed by atoms with Crippen LogP contribution in [0, 0.1) is 11.7 Å². The van der Waals surface area contributed by atoms with Crippen LogP contribution in [0.4, 0.5) is 4.39 Å². The summed E-state index contributed by atoms with van der Waals surface area (Å²) in [7, 11) is 1.95. The Morgan fingerprint density at radius 1 is 1.38 bits per heavy atom. The van der Waals surface area contributed by atoms with Gasteiger partial charge in [0.25, 0.3) is 0 Å². The first kappa shape index (κ1) is 13.5. The smallest absolute Gasteiger partial charge is 0.142 e. The van der Waals surface area contributed by atoms with Gasteiger partial charge in [-0.05, 0) is 44.4 Å². The van der Waals surface area contributed by atoms with E-state index in [-0.39, 0.29) is 10.8 Å². The van der Waals surface area contributed by atoms with E-state index in [0.717, 1.165) is 18.4 Å². The quantitative estimate of drug-likeness (QED) is 0.832. The Morgan fingerprint density at radius 2 is 2.06 bits per heavy atom. The van der Waals surface area contributed by atoms with E-state index in [1.165, 1.54) is 6.07 Å². The lowest BCUT2D eigenvalue weighted by Crippen LogP contribution is -2.24. The van der Waals surface area contributed by atoms with Crippen LogP contribution in [0.25, 0.3) is 0 Å². The topological polar surface area (TPSA) is 12.0 Å². The molecule has 0 radical (unpaired) electrons. The minimum atomic E-state index is -0.326. The van der Waals surface area contributed by atoms with Crippen LogP contribution in [0.5, 0.6) is 0 Å². The lowest BCUT2D eigenvalue weighted by Gasteiger charge is -2.17. The highest BCUT2D eigenvalue weighted by Crippen LogP contribution is 2.23. The van der Waals surface area contributed by atoms with Crippen molar-refractivity contribution in [3.05, 3.63) is 34.6 Å². The number of halogens is 2. The van der Waals surface area contributed by atoms with Crippen molar-refractivity contribution < 1.29 is 4.39 Å². The van der Waals surface area contributed by atoms with Crippen LogP contribution in [0.3, 0.4) is 0 Å². The maximum atomic E-state index is 13.2.